The number of fused-ring (bicyclic) bond motifs is 1. The number of benzene rings is 2. The van der Waals surface area contributed by atoms with Crippen LogP contribution >= 0.6 is 0 Å². The Bertz CT molecular complexity index is 1360. The van der Waals surface area contributed by atoms with Crippen LogP contribution in [0.1, 0.15) is 49.5 Å². The van der Waals surface area contributed by atoms with E-state index in [-0.39, 0.29) is 25.3 Å². The van der Waals surface area contributed by atoms with Gasteiger partial charge in [0.05, 0.1) is 12.8 Å². The molecule has 0 aliphatic carbocycles. The van der Waals surface area contributed by atoms with Gasteiger partial charge in [0.15, 0.2) is 0 Å². The second-order valence-corrected chi connectivity index (χ2v) is 9.99. The van der Waals surface area contributed by atoms with E-state index in [1.807, 2.05) is 43.4 Å². The molecule has 2 N–H and O–H groups in total. The number of nitrogens with two attached hydrogens (primary N) is 1. The van der Waals surface area contributed by atoms with Crippen LogP contribution in [0.15, 0.2) is 42.5 Å². The van der Waals surface area contributed by atoms with Gasteiger partial charge >= 0.3 is 5.97 Å². The normalized spacial score (nSPS) is 13.9. The second-order valence-electron chi connectivity index (χ2n) is 9.99. The maximum atomic E-state index is 13.2. The minimum absolute atomic E-state index is 0.0280. The molecule has 2 amide bonds. The summed E-state index contributed by atoms with van der Waals surface area (Å²) in [5, 5.41) is 8.58. The van der Waals surface area contributed by atoms with Gasteiger partial charge in [0.25, 0.3) is 5.91 Å². The van der Waals surface area contributed by atoms with E-state index in [0.717, 1.165) is 22.4 Å². The van der Waals surface area contributed by atoms with Crippen LogP contribution in [0.2, 0.25) is 0 Å². The molecule has 0 fully saturated rings. The molecule has 1 unspecified atom stereocenters. The third kappa shape index (κ3) is 5.47. The lowest BCUT2D eigenvalue weighted by molar-refractivity contribution is -0.155. The first-order chi connectivity index (χ1) is 17.5. The number of carbonyl (C=O) groups excluding carboxylic acids is 3. The van der Waals surface area contributed by atoms with Crippen LogP contribution in [-0.2, 0) is 27.9 Å². The summed E-state index contributed by atoms with van der Waals surface area (Å²) in [5.41, 5.74) is 9.35. The topological polar surface area (TPSA) is 130 Å². The largest absolute Gasteiger partial charge is 0.497 e. The summed E-state index contributed by atoms with van der Waals surface area (Å²) in [4.78, 5) is 39.1. The zero-order valence-corrected chi connectivity index (χ0v) is 21.6. The predicted octanol–water partition coefficient (Wildman–Crippen LogP) is 3.09. The number of carbonyl (C=O) groups is 3. The number of nitrogens with zero attached hydrogens (tertiary/aromatic N) is 4. The molecule has 4 rings (SSSR count). The molecule has 0 spiro atoms. The summed E-state index contributed by atoms with van der Waals surface area (Å²) < 4.78 is 12.4. The zero-order valence-electron chi connectivity index (χ0n) is 21.6. The van der Waals surface area contributed by atoms with Crippen molar-refractivity contribution in [1.82, 2.24) is 19.9 Å². The lowest BCUT2D eigenvalue weighted by Crippen LogP contribution is -2.45. The van der Waals surface area contributed by atoms with Crippen LogP contribution in [-0.4, -0.2) is 56.4 Å². The van der Waals surface area contributed by atoms with Crippen molar-refractivity contribution < 1.29 is 23.9 Å². The molecular weight excluding hydrogens is 474 g/mol. The average Bonchev–Trinajstić information content (AvgIpc) is 3.37. The molecule has 0 radical (unpaired) electrons. The Hall–Kier alpha value is -4.21. The van der Waals surface area contributed by atoms with Crippen molar-refractivity contribution in [1.29, 1.82) is 0 Å². The molecule has 0 saturated carbocycles. The highest BCUT2D eigenvalue weighted by Crippen LogP contribution is 2.35. The van der Waals surface area contributed by atoms with Crippen molar-refractivity contribution in [3.8, 4) is 28.3 Å². The molecule has 10 heteroatoms. The number of aryl methyl sites for hydroxylation is 1. The summed E-state index contributed by atoms with van der Waals surface area (Å²) in [6.45, 7) is 5.50. The third-order valence-corrected chi connectivity index (χ3v) is 6.13. The van der Waals surface area contributed by atoms with E-state index in [2.05, 4.69) is 10.3 Å². The van der Waals surface area contributed by atoms with Gasteiger partial charge in [0, 0.05) is 36.7 Å². The summed E-state index contributed by atoms with van der Waals surface area (Å²) in [7, 11) is 3.42. The average molecular weight is 506 g/mol. The van der Waals surface area contributed by atoms with Crippen LogP contribution in [0.25, 0.3) is 22.5 Å². The number of hydrogen-bond acceptors (Lipinski definition) is 7. The standard InChI is InChI=1S/C27H31N5O5/c1-27(2,3)37-22(33)12-11-21(25(28)34)32-15-18-13-16(9-10-20(18)26(32)35)23-24(31(4)30-29-23)17-7-6-8-19(14-17)36-5/h6-10,13-14,21H,11-12,15H2,1-5H3,(H2,28,34). The highest BCUT2D eigenvalue weighted by Gasteiger charge is 2.36. The summed E-state index contributed by atoms with van der Waals surface area (Å²) in [6, 6.07) is 12.1. The molecule has 3 aromatic rings. The fourth-order valence-corrected chi connectivity index (χ4v) is 4.49. The molecule has 0 bridgehead atoms. The van der Waals surface area contributed by atoms with E-state index in [1.165, 1.54) is 4.90 Å². The minimum Gasteiger partial charge on any atom is -0.497 e. The maximum Gasteiger partial charge on any atom is 0.306 e. The van der Waals surface area contributed by atoms with E-state index in [4.69, 9.17) is 15.2 Å². The summed E-state index contributed by atoms with van der Waals surface area (Å²) >= 11 is 0. The highest BCUT2D eigenvalue weighted by atomic mass is 16.6. The van der Waals surface area contributed by atoms with Gasteiger partial charge < -0.3 is 20.1 Å². The molecule has 1 aliphatic rings. The number of methoxy groups -OCH3 is 1. The predicted molar refractivity (Wildman–Crippen MR) is 136 cm³/mol. The molecular formula is C27H31N5O5. The van der Waals surface area contributed by atoms with Crippen molar-refractivity contribution >= 4 is 17.8 Å². The fraction of sp³-hybridized carbons (Fsp3) is 0.370. The van der Waals surface area contributed by atoms with E-state index in [9.17, 15) is 14.4 Å². The van der Waals surface area contributed by atoms with Gasteiger partial charge in [-0.1, -0.05) is 23.4 Å². The third-order valence-electron chi connectivity index (χ3n) is 6.13. The summed E-state index contributed by atoms with van der Waals surface area (Å²) in [6.07, 6.45) is 0.0563. The lowest BCUT2D eigenvalue weighted by Gasteiger charge is -2.25. The van der Waals surface area contributed by atoms with Gasteiger partial charge in [-0.3, -0.25) is 14.4 Å². The van der Waals surface area contributed by atoms with Gasteiger partial charge in [-0.2, -0.15) is 0 Å². The first kappa shape index (κ1) is 25.9. The quantitative estimate of drug-likeness (QED) is 0.466. The zero-order chi connectivity index (χ0) is 26.9. The van der Waals surface area contributed by atoms with E-state index < -0.39 is 23.5 Å². The molecule has 2 aromatic carbocycles. The van der Waals surface area contributed by atoms with Gasteiger partial charge in [-0.25, -0.2) is 4.68 Å². The molecule has 37 heavy (non-hydrogen) atoms. The first-order valence-corrected chi connectivity index (χ1v) is 12.0. The monoisotopic (exact) mass is 505 g/mol. The maximum absolute atomic E-state index is 13.2. The lowest BCUT2D eigenvalue weighted by atomic mass is 10.0. The SMILES string of the molecule is COc1cccc(-c2c(-c3ccc4c(c3)CN(C(CCC(=O)OC(C)(C)C)C(N)=O)C4=O)nnn2C)c1. The van der Waals surface area contributed by atoms with E-state index >= 15 is 0 Å². The molecule has 10 nitrogen and oxygen atoms in total. The Morgan fingerprint density at radius 2 is 1.89 bits per heavy atom. The van der Waals surface area contributed by atoms with Crippen molar-refractivity contribution in [3.05, 3.63) is 53.6 Å². The molecule has 1 atom stereocenters. The second kappa shape index (κ2) is 10.0. The number of aromatic nitrogens is 3. The van der Waals surface area contributed by atoms with Gasteiger partial charge in [-0.05, 0) is 57.0 Å². The number of rotatable bonds is 8. The number of amides is 2. The molecule has 1 aliphatic heterocycles. The van der Waals surface area contributed by atoms with Gasteiger partial charge in [-0.15, -0.1) is 5.10 Å². The molecule has 0 saturated heterocycles. The molecule has 194 valence electrons. The smallest absolute Gasteiger partial charge is 0.306 e. The molecule has 2 heterocycles. The Morgan fingerprint density at radius 3 is 2.57 bits per heavy atom. The Labute approximate surface area is 215 Å². The van der Waals surface area contributed by atoms with Crippen LogP contribution in [0.3, 0.4) is 0 Å². The van der Waals surface area contributed by atoms with Crippen LogP contribution < -0.4 is 10.5 Å². The fourth-order valence-electron chi connectivity index (χ4n) is 4.49. The Balaban J connectivity index is 1.59. The Morgan fingerprint density at radius 1 is 1.14 bits per heavy atom. The highest BCUT2D eigenvalue weighted by molar-refractivity contribution is 6.01. The first-order valence-electron chi connectivity index (χ1n) is 12.0. The van der Waals surface area contributed by atoms with Gasteiger partial charge in [0.2, 0.25) is 5.91 Å². The number of primary amides is 1. The number of ether oxygens (including phenoxy) is 2. The minimum atomic E-state index is -0.931. The van der Waals surface area contributed by atoms with Crippen molar-refractivity contribution in [2.24, 2.45) is 12.8 Å². The van der Waals surface area contributed by atoms with Crippen molar-refractivity contribution in [2.45, 2.75) is 51.8 Å². The van der Waals surface area contributed by atoms with Crippen LogP contribution in [0, 0.1) is 0 Å². The summed E-state index contributed by atoms with van der Waals surface area (Å²) in [5.74, 6) is -0.706. The number of esters is 1. The van der Waals surface area contributed by atoms with E-state index in [1.54, 1.807) is 38.6 Å². The van der Waals surface area contributed by atoms with E-state index in [0.29, 0.717) is 17.0 Å². The van der Waals surface area contributed by atoms with Gasteiger partial charge in [0.1, 0.15) is 23.1 Å². The van der Waals surface area contributed by atoms with Crippen LogP contribution in [0.4, 0.5) is 0 Å². The van der Waals surface area contributed by atoms with Crippen molar-refractivity contribution in [2.75, 3.05) is 7.11 Å². The molecule has 1 aromatic heterocycles. The number of hydrogen-bond donors (Lipinski definition) is 1. The van der Waals surface area contributed by atoms with Crippen LogP contribution in [0.5, 0.6) is 5.75 Å². The Kier molecular flexibility index (Phi) is 7.02. The van der Waals surface area contributed by atoms with Crippen molar-refractivity contribution in [3.63, 3.8) is 0 Å².